The molecule has 0 heterocycles. The van der Waals surface area contributed by atoms with Crippen molar-refractivity contribution in [2.45, 2.75) is 26.2 Å². The monoisotopic (exact) mass is 335 g/mol. The number of halogens is 1. The van der Waals surface area contributed by atoms with Crippen LogP contribution in [0.3, 0.4) is 0 Å². The van der Waals surface area contributed by atoms with Crippen molar-refractivity contribution < 1.29 is 14.6 Å². The minimum Gasteiger partial charge on any atom is -0.493 e. The van der Waals surface area contributed by atoms with E-state index in [0.717, 1.165) is 11.1 Å². The van der Waals surface area contributed by atoms with Gasteiger partial charge in [-0.2, -0.15) is 0 Å². The fourth-order valence-electron chi connectivity index (χ4n) is 2.14. The van der Waals surface area contributed by atoms with Crippen molar-refractivity contribution in [3.63, 3.8) is 0 Å². The van der Waals surface area contributed by atoms with E-state index in [2.05, 4.69) is 5.32 Å². The SMILES string of the molecule is COc1cc(CNC[C@H](C)O)ccc1OCc1ccccc1Cl. The lowest BCUT2D eigenvalue weighted by atomic mass is 10.2. The Morgan fingerprint density at radius 3 is 2.65 bits per heavy atom. The quantitative estimate of drug-likeness (QED) is 0.776. The van der Waals surface area contributed by atoms with E-state index in [9.17, 15) is 5.11 Å². The summed E-state index contributed by atoms with van der Waals surface area (Å²) in [5.74, 6) is 1.35. The lowest BCUT2D eigenvalue weighted by Crippen LogP contribution is -2.23. The van der Waals surface area contributed by atoms with E-state index in [4.69, 9.17) is 21.1 Å². The molecule has 0 aromatic heterocycles. The number of hydrogen-bond acceptors (Lipinski definition) is 4. The molecule has 0 bridgehead atoms. The van der Waals surface area contributed by atoms with E-state index in [1.54, 1.807) is 14.0 Å². The van der Waals surface area contributed by atoms with Gasteiger partial charge < -0.3 is 19.9 Å². The average molecular weight is 336 g/mol. The fourth-order valence-corrected chi connectivity index (χ4v) is 2.33. The van der Waals surface area contributed by atoms with Gasteiger partial charge in [-0.15, -0.1) is 0 Å². The van der Waals surface area contributed by atoms with Crippen LogP contribution in [0.2, 0.25) is 5.02 Å². The molecule has 2 N–H and O–H groups in total. The summed E-state index contributed by atoms with van der Waals surface area (Å²) in [7, 11) is 1.62. The van der Waals surface area contributed by atoms with Crippen molar-refractivity contribution in [1.82, 2.24) is 5.32 Å². The minimum absolute atomic E-state index is 0.366. The number of ether oxygens (including phenoxy) is 2. The maximum Gasteiger partial charge on any atom is 0.161 e. The molecule has 0 aliphatic heterocycles. The lowest BCUT2D eigenvalue weighted by molar-refractivity contribution is 0.191. The third-order valence-electron chi connectivity index (χ3n) is 3.34. The Bertz CT molecular complexity index is 631. The van der Waals surface area contributed by atoms with Crippen molar-refractivity contribution in [2.24, 2.45) is 0 Å². The summed E-state index contributed by atoms with van der Waals surface area (Å²) in [6, 6.07) is 13.4. The first kappa shape index (κ1) is 17.6. The first-order valence-electron chi connectivity index (χ1n) is 7.52. The molecule has 2 rings (SSSR count). The largest absolute Gasteiger partial charge is 0.493 e. The molecule has 2 aromatic rings. The highest BCUT2D eigenvalue weighted by Gasteiger charge is 2.08. The minimum atomic E-state index is -0.366. The molecule has 0 saturated heterocycles. The number of aliphatic hydroxyl groups is 1. The van der Waals surface area contributed by atoms with E-state index < -0.39 is 0 Å². The Balaban J connectivity index is 2.00. The van der Waals surface area contributed by atoms with Crippen molar-refractivity contribution in [3.05, 3.63) is 58.6 Å². The molecule has 0 amide bonds. The van der Waals surface area contributed by atoms with Crippen molar-refractivity contribution in [2.75, 3.05) is 13.7 Å². The molecule has 0 radical (unpaired) electrons. The number of hydrogen-bond donors (Lipinski definition) is 2. The highest BCUT2D eigenvalue weighted by Crippen LogP contribution is 2.29. The van der Waals surface area contributed by atoms with E-state index in [1.165, 1.54) is 0 Å². The van der Waals surface area contributed by atoms with Crippen LogP contribution in [0.5, 0.6) is 11.5 Å². The average Bonchev–Trinajstić information content (AvgIpc) is 2.54. The van der Waals surface area contributed by atoms with Crippen molar-refractivity contribution in [3.8, 4) is 11.5 Å². The fraction of sp³-hybridized carbons (Fsp3) is 0.333. The molecule has 0 fully saturated rings. The number of methoxy groups -OCH3 is 1. The second kappa shape index (κ2) is 8.77. The Labute approximate surface area is 142 Å². The Hall–Kier alpha value is -1.75. The molecule has 0 spiro atoms. The van der Waals surface area contributed by atoms with Gasteiger partial charge in [-0.05, 0) is 30.7 Å². The van der Waals surface area contributed by atoms with Gasteiger partial charge in [0.15, 0.2) is 11.5 Å². The van der Waals surface area contributed by atoms with Crippen LogP contribution in [0, 0.1) is 0 Å². The summed E-state index contributed by atoms with van der Waals surface area (Å²) >= 11 is 6.13. The maximum absolute atomic E-state index is 9.26. The second-order valence-electron chi connectivity index (χ2n) is 5.35. The number of nitrogens with one attached hydrogen (secondary N) is 1. The Kier molecular flexibility index (Phi) is 6.71. The predicted molar refractivity (Wildman–Crippen MR) is 92.2 cm³/mol. The van der Waals surface area contributed by atoms with Crippen LogP contribution in [0.25, 0.3) is 0 Å². The first-order valence-corrected chi connectivity index (χ1v) is 7.90. The van der Waals surface area contributed by atoms with Crippen LogP contribution in [0.15, 0.2) is 42.5 Å². The molecule has 2 aromatic carbocycles. The van der Waals surface area contributed by atoms with Crippen molar-refractivity contribution >= 4 is 11.6 Å². The van der Waals surface area contributed by atoms with Gasteiger partial charge >= 0.3 is 0 Å². The topological polar surface area (TPSA) is 50.7 Å². The molecule has 0 unspecified atom stereocenters. The highest BCUT2D eigenvalue weighted by molar-refractivity contribution is 6.31. The molecule has 4 nitrogen and oxygen atoms in total. The van der Waals surface area contributed by atoms with Crippen LogP contribution in [-0.2, 0) is 13.2 Å². The highest BCUT2D eigenvalue weighted by atomic mass is 35.5. The third kappa shape index (κ3) is 5.43. The van der Waals surface area contributed by atoms with Gasteiger partial charge in [-0.3, -0.25) is 0 Å². The summed E-state index contributed by atoms with van der Waals surface area (Å²) < 4.78 is 11.2. The van der Waals surface area contributed by atoms with Crippen molar-refractivity contribution in [1.29, 1.82) is 0 Å². The van der Waals surface area contributed by atoms with Gasteiger partial charge in [0.05, 0.1) is 13.2 Å². The molecular formula is C18H22ClNO3. The zero-order valence-corrected chi connectivity index (χ0v) is 14.1. The second-order valence-corrected chi connectivity index (χ2v) is 5.75. The third-order valence-corrected chi connectivity index (χ3v) is 3.71. The summed E-state index contributed by atoms with van der Waals surface area (Å²) in [4.78, 5) is 0. The Morgan fingerprint density at radius 1 is 1.17 bits per heavy atom. The molecule has 23 heavy (non-hydrogen) atoms. The van der Waals surface area contributed by atoms with Gasteiger partial charge in [-0.25, -0.2) is 0 Å². The van der Waals surface area contributed by atoms with Gasteiger partial charge in [0.25, 0.3) is 0 Å². The summed E-state index contributed by atoms with van der Waals surface area (Å²) in [6.07, 6.45) is -0.366. The summed E-state index contributed by atoms with van der Waals surface area (Å²) in [6.45, 7) is 3.34. The number of benzene rings is 2. The van der Waals surface area contributed by atoms with Gasteiger partial charge in [0, 0.05) is 23.7 Å². The van der Waals surface area contributed by atoms with Crippen LogP contribution in [-0.4, -0.2) is 24.9 Å². The van der Waals surface area contributed by atoms with E-state index in [-0.39, 0.29) is 6.10 Å². The van der Waals surface area contributed by atoms with Crippen LogP contribution >= 0.6 is 11.6 Å². The number of aliphatic hydroxyl groups excluding tert-OH is 1. The zero-order valence-electron chi connectivity index (χ0n) is 13.4. The molecule has 0 aliphatic rings. The first-order chi connectivity index (χ1) is 11.1. The lowest BCUT2D eigenvalue weighted by Gasteiger charge is -2.13. The zero-order chi connectivity index (χ0) is 16.7. The van der Waals surface area contributed by atoms with Crippen LogP contribution in [0.4, 0.5) is 0 Å². The standard InChI is InChI=1S/C18H22ClNO3/c1-13(21)10-20-11-14-7-8-17(18(9-14)22-2)23-12-15-5-3-4-6-16(15)19/h3-9,13,20-21H,10-12H2,1-2H3/t13-/m0/s1. The molecule has 1 atom stereocenters. The van der Waals surface area contributed by atoms with E-state index >= 15 is 0 Å². The van der Waals surface area contributed by atoms with Crippen LogP contribution < -0.4 is 14.8 Å². The van der Waals surface area contributed by atoms with Gasteiger partial charge in [0.1, 0.15) is 6.61 Å². The molecule has 124 valence electrons. The molecular weight excluding hydrogens is 314 g/mol. The van der Waals surface area contributed by atoms with E-state index in [0.29, 0.717) is 36.2 Å². The summed E-state index contributed by atoms with van der Waals surface area (Å²) in [5.41, 5.74) is 1.99. The predicted octanol–water partition coefficient (Wildman–Crippen LogP) is 3.40. The Morgan fingerprint density at radius 2 is 1.96 bits per heavy atom. The molecule has 5 heteroatoms. The smallest absolute Gasteiger partial charge is 0.161 e. The normalized spacial score (nSPS) is 12.0. The molecule has 0 aliphatic carbocycles. The van der Waals surface area contributed by atoms with Gasteiger partial charge in [0.2, 0.25) is 0 Å². The van der Waals surface area contributed by atoms with Gasteiger partial charge in [-0.1, -0.05) is 35.9 Å². The van der Waals surface area contributed by atoms with Crippen LogP contribution in [0.1, 0.15) is 18.1 Å². The maximum atomic E-state index is 9.26. The van der Waals surface area contributed by atoms with E-state index in [1.807, 2.05) is 42.5 Å². The molecule has 0 saturated carbocycles. The number of rotatable bonds is 8. The summed E-state index contributed by atoms with van der Waals surface area (Å²) in [5, 5.41) is 13.1.